The van der Waals surface area contributed by atoms with Crippen LogP contribution in [-0.4, -0.2) is 47.5 Å². The first kappa shape index (κ1) is 16.5. The van der Waals surface area contributed by atoms with Crippen LogP contribution in [0.4, 0.5) is 0 Å². The molecule has 0 aliphatic rings. The summed E-state index contributed by atoms with van der Waals surface area (Å²) in [6, 6.07) is 0. The van der Waals surface area contributed by atoms with Crippen molar-refractivity contribution in [3.63, 3.8) is 0 Å². The van der Waals surface area contributed by atoms with E-state index in [-0.39, 0.29) is 17.4 Å². The van der Waals surface area contributed by atoms with Crippen molar-refractivity contribution in [1.29, 1.82) is 0 Å². The zero-order valence-electron chi connectivity index (χ0n) is 4.89. The minimum atomic E-state index is -2.92. The fourth-order valence-corrected chi connectivity index (χ4v) is 0. The van der Waals surface area contributed by atoms with E-state index < -0.39 is 19.9 Å². The van der Waals surface area contributed by atoms with Crippen molar-refractivity contribution in [2.45, 2.75) is 0 Å². The SMILES string of the molecule is O=C(O)CO.[Al+3].[O-]B([O-])[O-]. The second-order valence-electron chi connectivity index (χ2n) is 0.841. The van der Waals surface area contributed by atoms with Gasteiger partial charge in [0.1, 0.15) is 6.61 Å². The number of hydrogen-bond donors (Lipinski definition) is 2. The molecule has 0 saturated heterocycles. The van der Waals surface area contributed by atoms with Crippen molar-refractivity contribution in [2.24, 2.45) is 0 Å². The molecule has 2 N–H and O–H groups in total. The van der Waals surface area contributed by atoms with Crippen LogP contribution >= 0.6 is 0 Å². The molecule has 10 heavy (non-hydrogen) atoms. The molecule has 0 aliphatic heterocycles. The Labute approximate surface area is 68.0 Å². The van der Waals surface area contributed by atoms with Gasteiger partial charge in [-0.2, -0.15) is 0 Å². The normalized spacial score (nSPS) is 6.40. The van der Waals surface area contributed by atoms with Gasteiger partial charge in [-0.05, 0) is 0 Å². The number of aliphatic hydroxyl groups excluding tert-OH is 1. The molecule has 0 aromatic rings. The Morgan fingerprint density at radius 1 is 1.40 bits per heavy atom. The average Bonchev–Trinajstić information content (AvgIpc) is 1.65. The van der Waals surface area contributed by atoms with E-state index in [0.717, 1.165) is 0 Å². The average molecular weight is 162 g/mol. The molecule has 0 unspecified atom stereocenters. The van der Waals surface area contributed by atoms with Gasteiger partial charge in [-0.25, -0.2) is 4.79 Å². The standard InChI is InChI=1S/C2H4O3.Al.BO3/c3-1-2(4)5;;2-1(3)4/h3H,1H2,(H,4,5);;/q;+3;-3. The Morgan fingerprint density at radius 2 is 1.50 bits per heavy atom. The summed E-state index contributed by atoms with van der Waals surface area (Å²) in [4.78, 5) is 9.12. The van der Waals surface area contributed by atoms with Crippen LogP contribution in [0, 0.1) is 0 Å². The smallest absolute Gasteiger partial charge is 0.907 e. The van der Waals surface area contributed by atoms with Crippen molar-refractivity contribution in [1.82, 2.24) is 0 Å². The van der Waals surface area contributed by atoms with Gasteiger partial charge in [0.2, 0.25) is 0 Å². The Kier molecular flexibility index (Phi) is 19.2. The third-order valence-corrected chi connectivity index (χ3v) is 0.135. The van der Waals surface area contributed by atoms with Crippen LogP contribution in [0.5, 0.6) is 0 Å². The summed E-state index contributed by atoms with van der Waals surface area (Å²) in [6.07, 6.45) is 0. The molecule has 0 spiro atoms. The van der Waals surface area contributed by atoms with Gasteiger partial charge in [0.25, 0.3) is 0 Å². The van der Waals surface area contributed by atoms with E-state index in [1.807, 2.05) is 0 Å². The van der Waals surface area contributed by atoms with Crippen molar-refractivity contribution in [3.05, 3.63) is 0 Å². The van der Waals surface area contributed by atoms with Crippen LogP contribution in [0.25, 0.3) is 0 Å². The van der Waals surface area contributed by atoms with Crippen molar-refractivity contribution in [3.8, 4) is 0 Å². The Hall–Kier alpha value is -0.0926. The van der Waals surface area contributed by atoms with E-state index in [1.165, 1.54) is 0 Å². The van der Waals surface area contributed by atoms with Crippen molar-refractivity contribution >= 4 is 30.7 Å². The maximum absolute atomic E-state index is 9.12. The summed E-state index contributed by atoms with van der Waals surface area (Å²) in [6.45, 7) is -0.778. The summed E-state index contributed by atoms with van der Waals surface area (Å²) >= 11 is 0. The van der Waals surface area contributed by atoms with Crippen LogP contribution in [0.2, 0.25) is 0 Å². The molecule has 0 radical (unpaired) electrons. The van der Waals surface area contributed by atoms with E-state index >= 15 is 0 Å². The summed E-state index contributed by atoms with van der Waals surface area (Å²) in [5, 5.41) is 40.3. The second-order valence-corrected chi connectivity index (χ2v) is 0.841. The van der Waals surface area contributed by atoms with E-state index in [1.54, 1.807) is 0 Å². The first-order valence-electron chi connectivity index (χ1n) is 1.80. The van der Waals surface area contributed by atoms with Crippen LogP contribution in [0.15, 0.2) is 0 Å². The van der Waals surface area contributed by atoms with E-state index in [2.05, 4.69) is 0 Å². The molecule has 54 valence electrons. The number of carboxylic acids is 1. The number of hydrogen-bond acceptors (Lipinski definition) is 5. The monoisotopic (exact) mass is 162 g/mol. The molecule has 0 atom stereocenters. The number of rotatable bonds is 1. The topological polar surface area (TPSA) is 127 Å². The van der Waals surface area contributed by atoms with Crippen molar-refractivity contribution in [2.75, 3.05) is 6.61 Å². The summed E-state index contributed by atoms with van der Waals surface area (Å²) in [7, 11) is -2.92. The third kappa shape index (κ3) is 104. The first-order valence-corrected chi connectivity index (χ1v) is 1.80. The fourth-order valence-electron chi connectivity index (χ4n) is 0. The van der Waals surface area contributed by atoms with Gasteiger partial charge in [-0.15, -0.1) is 0 Å². The largest absolute Gasteiger partial charge is 3.00 e. The number of aliphatic carboxylic acids is 1. The Bertz CT molecular complexity index is 73.4. The van der Waals surface area contributed by atoms with Crippen LogP contribution in [0.3, 0.4) is 0 Å². The molecule has 0 aromatic heterocycles. The van der Waals surface area contributed by atoms with Gasteiger partial charge in [0, 0.05) is 0 Å². The minimum absolute atomic E-state index is 0. The van der Waals surface area contributed by atoms with Crippen molar-refractivity contribution < 1.29 is 30.1 Å². The van der Waals surface area contributed by atoms with Crippen LogP contribution < -0.4 is 15.1 Å². The van der Waals surface area contributed by atoms with Gasteiger partial charge in [-0.3, -0.25) is 7.32 Å². The van der Waals surface area contributed by atoms with E-state index in [4.69, 9.17) is 30.1 Å². The van der Waals surface area contributed by atoms with Crippen LogP contribution in [0.1, 0.15) is 0 Å². The van der Waals surface area contributed by atoms with Gasteiger partial charge < -0.3 is 25.3 Å². The Morgan fingerprint density at radius 3 is 1.50 bits per heavy atom. The zero-order chi connectivity index (χ0) is 7.86. The quantitative estimate of drug-likeness (QED) is 0.370. The first-order chi connectivity index (χ1) is 4.00. The molecule has 0 heterocycles. The van der Waals surface area contributed by atoms with E-state index in [9.17, 15) is 0 Å². The number of carboxylic acid groups (broad SMARTS) is 1. The van der Waals surface area contributed by atoms with Gasteiger partial charge >= 0.3 is 23.3 Å². The molecule has 0 aliphatic carbocycles. The number of carbonyl (C=O) groups is 1. The molecular weight excluding hydrogens is 158 g/mol. The molecule has 6 nitrogen and oxygen atoms in total. The molecule has 0 aromatic carbocycles. The zero-order valence-corrected chi connectivity index (χ0v) is 6.04. The predicted molar refractivity (Wildman–Crippen MR) is 26.2 cm³/mol. The second kappa shape index (κ2) is 11.7. The molecule has 0 fully saturated rings. The van der Waals surface area contributed by atoms with Gasteiger partial charge in [0.05, 0.1) is 0 Å². The maximum atomic E-state index is 9.12. The van der Waals surface area contributed by atoms with Crippen LogP contribution in [-0.2, 0) is 4.79 Å². The summed E-state index contributed by atoms with van der Waals surface area (Å²) < 4.78 is 0. The number of aliphatic hydroxyl groups is 1. The maximum Gasteiger partial charge on any atom is 3.00 e. The third-order valence-electron chi connectivity index (χ3n) is 0.135. The molecule has 8 heteroatoms. The van der Waals surface area contributed by atoms with Gasteiger partial charge in [0.15, 0.2) is 0 Å². The molecule has 0 amide bonds. The summed E-state index contributed by atoms with van der Waals surface area (Å²) in [5.74, 6) is -1.19. The molecule has 0 bridgehead atoms. The molecular formula is C2H4AlBO6. The fraction of sp³-hybridized carbons (Fsp3) is 0.500. The van der Waals surface area contributed by atoms with Gasteiger partial charge in [-0.1, -0.05) is 0 Å². The Balaban J connectivity index is -0.0000000910. The van der Waals surface area contributed by atoms with E-state index in [0.29, 0.717) is 0 Å². The molecule has 0 rings (SSSR count). The minimum Gasteiger partial charge on any atom is -0.907 e. The summed E-state index contributed by atoms with van der Waals surface area (Å²) in [5.41, 5.74) is 0. The predicted octanol–water partition coefficient (Wildman–Crippen LogP) is -5.27. The molecule has 0 saturated carbocycles.